The zero-order valence-corrected chi connectivity index (χ0v) is 12.0. The standard InChI is InChI=1S/C19H19NO/c1-3-7-16-13-15(14-17(8-4-2)19(16)21)10-11-18-9-5-6-12-20-18/h3-6,9-14,21H,1-2,7-8H2. The number of benzene rings is 1. The second-order valence-electron chi connectivity index (χ2n) is 4.76. The van der Waals surface area contributed by atoms with Crippen LogP contribution in [0.1, 0.15) is 22.4 Å². The van der Waals surface area contributed by atoms with Crippen LogP contribution in [0.3, 0.4) is 0 Å². The van der Waals surface area contributed by atoms with E-state index in [0.717, 1.165) is 22.4 Å². The van der Waals surface area contributed by atoms with Crippen LogP contribution in [0.15, 0.2) is 61.8 Å². The van der Waals surface area contributed by atoms with Gasteiger partial charge >= 0.3 is 0 Å². The lowest BCUT2D eigenvalue weighted by atomic mass is 9.99. The van der Waals surface area contributed by atoms with E-state index in [2.05, 4.69) is 18.1 Å². The molecule has 2 heteroatoms. The summed E-state index contributed by atoms with van der Waals surface area (Å²) in [5.74, 6) is 0.338. The van der Waals surface area contributed by atoms with Gasteiger partial charge in [0.05, 0.1) is 5.69 Å². The zero-order valence-electron chi connectivity index (χ0n) is 12.0. The van der Waals surface area contributed by atoms with Crippen molar-refractivity contribution in [3.8, 4) is 5.75 Å². The topological polar surface area (TPSA) is 33.1 Å². The van der Waals surface area contributed by atoms with Crippen LogP contribution < -0.4 is 0 Å². The smallest absolute Gasteiger partial charge is 0.122 e. The first-order chi connectivity index (χ1) is 10.2. The highest BCUT2D eigenvalue weighted by molar-refractivity contribution is 5.69. The van der Waals surface area contributed by atoms with E-state index in [1.807, 2.05) is 42.5 Å². The molecule has 0 radical (unpaired) electrons. The molecule has 0 atom stereocenters. The summed E-state index contributed by atoms with van der Waals surface area (Å²) in [5, 5.41) is 10.2. The molecule has 0 saturated carbocycles. The molecule has 1 aromatic carbocycles. The third kappa shape index (κ3) is 3.93. The van der Waals surface area contributed by atoms with Gasteiger partial charge in [-0.05, 0) is 59.9 Å². The van der Waals surface area contributed by atoms with E-state index < -0.39 is 0 Å². The highest BCUT2D eigenvalue weighted by Crippen LogP contribution is 2.27. The molecular formula is C19H19NO. The monoisotopic (exact) mass is 277 g/mol. The number of aromatic nitrogens is 1. The summed E-state index contributed by atoms with van der Waals surface area (Å²) >= 11 is 0. The average molecular weight is 277 g/mol. The van der Waals surface area contributed by atoms with E-state index in [0.29, 0.717) is 18.6 Å². The molecule has 0 spiro atoms. The van der Waals surface area contributed by atoms with Gasteiger partial charge in [0.2, 0.25) is 0 Å². The van der Waals surface area contributed by atoms with Crippen LogP contribution in [0.25, 0.3) is 12.2 Å². The number of rotatable bonds is 6. The van der Waals surface area contributed by atoms with Gasteiger partial charge in [-0.25, -0.2) is 0 Å². The number of phenolic OH excluding ortho intramolecular Hbond substituents is 1. The molecule has 0 amide bonds. The predicted molar refractivity (Wildman–Crippen MR) is 89.1 cm³/mol. The fraction of sp³-hybridized carbons (Fsp3) is 0.105. The Morgan fingerprint density at radius 2 is 1.67 bits per heavy atom. The molecule has 2 aromatic rings. The minimum absolute atomic E-state index is 0.338. The molecule has 1 aromatic heterocycles. The number of nitrogens with zero attached hydrogens (tertiary/aromatic N) is 1. The number of hydrogen-bond donors (Lipinski definition) is 1. The second-order valence-corrected chi connectivity index (χ2v) is 4.76. The summed E-state index contributed by atoms with van der Waals surface area (Å²) in [6.07, 6.45) is 10.6. The minimum atomic E-state index is 0.338. The van der Waals surface area contributed by atoms with Gasteiger partial charge in [0.15, 0.2) is 0 Å². The highest BCUT2D eigenvalue weighted by atomic mass is 16.3. The lowest BCUT2D eigenvalue weighted by Crippen LogP contribution is -1.91. The molecule has 0 aliphatic heterocycles. The second kappa shape index (κ2) is 7.25. The van der Waals surface area contributed by atoms with Gasteiger partial charge in [-0.2, -0.15) is 0 Å². The van der Waals surface area contributed by atoms with Crippen LogP contribution in [0.2, 0.25) is 0 Å². The Bertz CT molecular complexity index is 626. The van der Waals surface area contributed by atoms with E-state index in [9.17, 15) is 5.11 Å². The summed E-state index contributed by atoms with van der Waals surface area (Å²) in [5.41, 5.74) is 3.70. The molecule has 0 saturated heterocycles. The summed E-state index contributed by atoms with van der Waals surface area (Å²) in [6, 6.07) is 9.75. The van der Waals surface area contributed by atoms with Crippen molar-refractivity contribution in [3.05, 3.63) is 84.2 Å². The maximum atomic E-state index is 10.2. The first kappa shape index (κ1) is 14.8. The molecule has 0 unspecified atom stereocenters. The van der Waals surface area contributed by atoms with Crippen molar-refractivity contribution in [2.24, 2.45) is 0 Å². The Hall–Kier alpha value is -2.61. The lowest BCUT2D eigenvalue weighted by molar-refractivity contribution is 0.464. The maximum absolute atomic E-state index is 10.2. The fourth-order valence-electron chi connectivity index (χ4n) is 2.16. The molecule has 0 bridgehead atoms. The molecule has 0 aliphatic carbocycles. The molecule has 0 aliphatic rings. The van der Waals surface area contributed by atoms with Gasteiger partial charge in [-0.15, -0.1) is 13.2 Å². The Balaban J connectivity index is 2.36. The number of hydrogen-bond acceptors (Lipinski definition) is 2. The molecule has 2 nitrogen and oxygen atoms in total. The molecular weight excluding hydrogens is 258 g/mol. The van der Waals surface area contributed by atoms with Gasteiger partial charge in [-0.3, -0.25) is 4.98 Å². The zero-order chi connectivity index (χ0) is 15.1. The molecule has 0 fully saturated rings. The van der Waals surface area contributed by atoms with Crippen molar-refractivity contribution in [3.63, 3.8) is 0 Å². The third-order valence-electron chi connectivity index (χ3n) is 3.15. The van der Waals surface area contributed by atoms with Gasteiger partial charge in [0.25, 0.3) is 0 Å². The van der Waals surface area contributed by atoms with Gasteiger partial charge in [0, 0.05) is 6.20 Å². The minimum Gasteiger partial charge on any atom is -0.507 e. The Labute approximate surface area is 125 Å². The van der Waals surface area contributed by atoms with E-state index in [-0.39, 0.29) is 0 Å². The van der Waals surface area contributed by atoms with Crippen molar-refractivity contribution in [1.82, 2.24) is 4.98 Å². The normalized spacial score (nSPS) is 10.7. The molecule has 21 heavy (non-hydrogen) atoms. The number of phenols is 1. The highest BCUT2D eigenvalue weighted by Gasteiger charge is 2.07. The Morgan fingerprint density at radius 3 is 2.19 bits per heavy atom. The summed E-state index contributed by atoms with van der Waals surface area (Å²) in [7, 11) is 0. The van der Waals surface area contributed by atoms with Crippen molar-refractivity contribution in [2.75, 3.05) is 0 Å². The van der Waals surface area contributed by atoms with Gasteiger partial charge < -0.3 is 5.11 Å². The van der Waals surface area contributed by atoms with Crippen molar-refractivity contribution in [2.45, 2.75) is 12.8 Å². The van der Waals surface area contributed by atoms with Crippen molar-refractivity contribution < 1.29 is 5.11 Å². The van der Waals surface area contributed by atoms with Crippen LogP contribution in [0, 0.1) is 0 Å². The maximum Gasteiger partial charge on any atom is 0.122 e. The van der Waals surface area contributed by atoms with E-state index >= 15 is 0 Å². The van der Waals surface area contributed by atoms with Crippen LogP contribution in [-0.2, 0) is 12.8 Å². The van der Waals surface area contributed by atoms with Crippen molar-refractivity contribution >= 4 is 12.2 Å². The van der Waals surface area contributed by atoms with Crippen LogP contribution in [0.4, 0.5) is 0 Å². The average Bonchev–Trinajstić information content (AvgIpc) is 2.51. The molecule has 1 heterocycles. The van der Waals surface area contributed by atoms with E-state index in [1.165, 1.54) is 0 Å². The van der Waals surface area contributed by atoms with Crippen LogP contribution in [0.5, 0.6) is 5.75 Å². The SMILES string of the molecule is C=CCc1cc(C=Cc2ccccn2)cc(CC=C)c1O. The van der Waals surface area contributed by atoms with E-state index in [4.69, 9.17) is 0 Å². The molecule has 1 N–H and O–H groups in total. The van der Waals surface area contributed by atoms with Crippen LogP contribution >= 0.6 is 0 Å². The molecule has 2 rings (SSSR count). The lowest BCUT2D eigenvalue weighted by Gasteiger charge is -2.09. The van der Waals surface area contributed by atoms with Crippen molar-refractivity contribution in [1.29, 1.82) is 0 Å². The summed E-state index contributed by atoms with van der Waals surface area (Å²) in [6.45, 7) is 7.47. The van der Waals surface area contributed by atoms with Crippen LogP contribution in [-0.4, -0.2) is 10.1 Å². The predicted octanol–water partition coefficient (Wildman–Crippen LogP) is 4.41. The third-order valence-corrected chi connectivity index (χ3v) is 3.15. The number of pyridine rings is 1. The number of allylic oxidation sites excluding steroid dienone is 2. The van der Waals surface area contributed by atoms with Gasteiger partial charge in [-0.1, -0.05) is 24.3 Å². The molecule has 106 valence electrons. The summed E-state index contributed by atoms with van der Waals surface area (Å²) < 4.78 is 0. The quantitative estimate of drug-likeness (QED) is 0.793. The summed E-state index contributed by atoms with van der Waals surface area (Å²) in [4.78, 5) is 4.26. The first-order valence-electron chi connectivity index (χ1n) is 6.90. The first-order valence-corrected chi connectivity index (χ1v) is 6.90. The fourth-order valence-corrected chi connectivity index (χ4v) is 2.16. The largest absolute Gasteiger partial charge is 0.507 e. The van der Waals surface area contributed by atoms with E-state index in [1.54, 1.807) is 18.3 Å². The Kier molecular flexibility index (Phi) is 5.10. The number of aromatic hydroxyl groups is 1. The Morgan fingerprint density at radius 1 is 1.00 bits per heavy atom. The van der Waals surface area contributed by atoms with Gasteiger partial charge in [0.1, 0.15) is 5.75 Å².